The van der Waals surface area contributed by atoms with Gasteiger partial charge in [0, 0.05) is 0 Å². The summed E-state index contributed by atoms with van der Waals surface area (Å²) in [6, 6.07) is 0. The lowest BCUT2D eigenvalue weighted by atomic mass is 10.1. The number of rotatable bonds is 4. The number of carbonyl (C=O) groups excluding carboxylic acids is 1. The van der Waals surface area contributed by atoms with Gasteiger partial charge in [0.15, 0.2) is 9.84 Å². The lowest BCUT2D eigenvalue weighted by molar-refractivity contribution is -0.117. The summed E-state index contributed by atoms with van der Waals surface area (Å²) in [6.07, 6.45) is 0.500. The zero-order valence-corrected chi connectivity index (χ0v) is 11.3. The molecule has 7 nitrogen and oxygen atoms in total. The highest BCUT2D eigenvalue weighted by Gasteiger charge is 2.33. The van der Waals surface area contributed by atoms with E-state index in [-0.39, 0.29) is 22.6 Å². The number of primary amides is 1. The fourth-order valence-corrected chi connectivity index (χ4v) is 4.00. The van der Waals surface area contributed by atoms with Gasteiger partial charge in [0.2, 0.25) is 11.8 Å². The summed E-state index contributed by atoms with van der Waals surface area (Å²) in [7, 11) is -2.98. The van der Waals surface area contributed by atoms with Crippen LogP contribution < -0.4 is 5.73 Å². The second-order valence-electron chi connectivity index (χ2n) is 4.17. The van der Waals surface area contributed by atoms with Crippen LogP contribution in [0.3, 0.4) is 0 Å². The number of hydrogen-bond acceptors (Lipinski definition) is 7. The number of hydrogen-bond donors (Lipinski definition) is 1. The van der Waals surface area contributed by atoms with Crippen LogP contribution in [0.15, 0.2) is 9.64 Å². The van der Waals surface area contributed by atoms with Crippen LogP contribution in [0.2, 0.25) is 0 Å². The van der Waals surface area contributed by atoms with Crippen molar-refractivity contribution in [3.05, 3.63) is 5.89 Å². The molecule has 9 heteroatoms. The summed E-state index contributed by atoms with van der Waals surface area (Å²) >= 11 is 1.07. The highest BCUT2D eigenvalue weighted by Crippen LogP contribution is 2.30. The Kier molecular flexibility index (Phi) is 3.62. The van der Waals surface area contributed by atoms with Gasteiger partial charge < -0.3 is 10.2 Å². The Morgan fingerprint density at radius 3 is 2.83 bits per heavy atom. The van der Waals surface area contributed by atoms with Crippen molar-refractivity contribution in [2.45, 2.75) is 29.7 Å². The van der Waals surface area contributed by atoms with Gasteiger partial charge in [-0.3, -0.25) is 4.79 Å². The summed E-state index contributed by atoms with van der Waals surface area (Å²) in [5.41, 5.74) is 5.12. The zero-order valence-electron chi connectivity index (χ0n) is 9.70. The molecule has 100 valence electrons. The molecule has 0 aromatic carbocycles. The molecule has 1 amide bonds. The Labute approximate surface area is 108 Å². The molecule has 18 heavy (non-hydrogen) atoms. The average Bonchev–Trinajstić information content (AvgIpc) is 2.84. The Bertz CT molecular complexity index is 554. The maximum Gasteiger partial charge on any atom is 0.277 e. The van der Waals surface area contributed by atoms with Crippen LogP contribution in [0, 0.1) is 0 Å². The standard InChI is InChI=1S/C9H13N3O4S2/c1-5(7(10)13)17-9-12-11-8(16-9)6-2-3-18(14,15)4-6/h5-6H,2-4H2,1H3,(H2,10,13)/t5-,6+/m0/s1. The summed E-state index contributed by atoms with van der Waals surface area (Å²) in [4.78, 5) is 10.9. The third-order valence-corrected chi connectivity index (χ3v) is 5.40. The van der Waals surface area contributed by atoms with Gasteiger partial charge in [-0.1, -0.05) is 11.8 Å². The molecule has 2 atom stereocenters. The molecule has 0 unspecified atom stereocenters. The Morgan fingerprint density at radius 2 is 2.28 bits per heavy atom. The van der Waals surface area contributed by atoms with Crippen molar-refractivity contribution in [2.75, 3.05) is 11.5 Å². The van der Waals surface area contributed by atoms with Gasteiger partial charge in [-0.15, -0.1) is 10.2 Å². The molecular formula is C9H13N3O4S2. The van der Waals surface area contributed by atoms with Crippen molar-refractivity contribution >= 4 is 27.5 Å². The van der Waals surface area contributed by atoms with Gasteiger partial charge in [-0.05, 0) is 13.3 Å². The van der Waals surface area contributed by atoms with Crippen LogP contribution in [-0.4, -0.2) is 41.3 Å². The molecular weight excluding hydrogens is 278 g/mol. The first-order chi connectivity index (χ1) is 8.37. The number of nitrogens with zero attached hydrogens (tertiary/aromatic N) is 2. The number of sulfone groups is 1. The van der Waals surface area contributed by atoms with Gasteiger partial charge in [0.1, 0.15) is 0 Å². The maximum absolute atomic E-state index is 11.3. The monoisotopic (exact) mass is 291 g/mol. The topological polar surface area (TPSA) is 116 Å². The fraction of sp³-hybridized carbons (Fsp3) is 0.667. The molecule has 0 aliphatic carbocycles. The second kappa shape index (κ2) is 4.88. The molecule has 2 rings (SSSR count). The van der Waals surface area contributed by atoms with Gasteiger partial charge in [0.25, 0.3) is 5.22 Å². The van der Waals surface area contributed by atoms with Gasteiger partial charge in [-0.2, -0.15) is 0 Å². The summed E-state index contributed by atoms with van der Waals surface area (Å²) < 4.78 is 28.0. The second-order valence-corrected chi connectivity index (χ2v) is 7.69. The third kappa shape index (κ3) is 3.02. The molecule has 0 radical (unpaired) electrons. The number of nitrogens with two attached hydrogens (primary N) is 1. The van der Waals surface area contributed by atoms with Crippen molar-refractivity contribution in [2.24, 2.45) is 5.73 Å². The van der Waals surface area contributed by atoms with E-state index in [1.807, 2.05) is 0 Å². The Hall–Kier alpha value is -1.09. The van der Waals surface area contributed by atoms with Crippen molar-refractivity contribution in [3.8, 4) is 0 Å². The first kappa shape index (κ1) is 13.3. The molecule has 1 aromatic rings. The zero-order chi connectivity index (χ0) is 13.3. The Morgan fingerprint density at radius 1 is 1.56 bits per heavy atom. The smallest absolute Gasteiger partial charge is 0.277 e. The van der Waals surface area contributed by atoms with Gasteiger partial charge in [0.05, 0.1) is 22.7 Å². The van der Waals surface area contributed by atoms with Crippen LogP contribution in [0.4, 0.5) is 0 Å². The number of aromatic nitrogens is 2. The lowest BCUT2D eigenvalue weighted by Gasteiger charge is -2.02. The first-order valence-electron chi connectivity index (χ1n) is 5.37. The van der Waals surface area contributed by atoms with Gasteiger partial charge >= 0.3 is 0 Å². The normalized spacial score (nSPS) is 23.9. The van der Waals surface area contributed by atoms with E-state index in [1.165, 1.54) is 0 Å². The molecule has 1 aromatic heterocycles. The molecule has 1 fully saturated rings. The molecule has 1 saturated heterocycles. The average molecular weight is 291 g/mol. The lowest BCUT2D eigenvalue weighted by Crippen LogP contribution is -2.22. The molecule has 1 aliphatic heterocycles. The fourth-order valence-electron chi connectivity index (χ4n) is 1.63. The van der Waals surface area contributed by atoms with E-state index in [0.717, 1.165) is 11.8 Å². The SMILES string of the molecule is C[C@H](Sc1nnc([C@@H]2CCS(=O)(=O)C2)o1)C(N)=O. The molecule has 2 N–H and O–H groups in total. The highest BCUT2D eigenvalue weighted by molar-refractivity contribution is 8.00. The largest absolute Gasteiger partial charge is 0.416 e. The van der Waals surface area contributed by atoms with Crippen LogP contribution in [0.5, 0.6) is 0 Å². The van der Waals surface area contributed by atoms with E-state index < -0.39 is 21.0 Å². The van der Waals surface area contributed by atoms with E-state index in [9.17, 15) is 13.2 Å². The summed E-state index contributed by atoms with van der Waals surface area (Å²) in [6.45, 7) is 1.64. The Balaban J connectivity index is 2.05. The summed E-state index contributed by atoms with van der Waals surface area (Å²) in [5, 5.41) is 7.37. The van der Waals surface area contributed by atoms with Crippen molar-refractivity contribution in [1.29, 1.82) is 0 Å². The molecule has 0 spiro atoms. The number of carbonyl (C=O) groups is 1. The third-order valence-electron chi connectivity index (χ3n) is 2.68. The van der Waals surface area contributed by atoms with Crippen LogP contribution in [-0.2, 0) is 14.6 Å². The number of thioether (sulfide) groups is 1. The van der Waals surface area contributed by atoms with E-state index in [2.05, 4.69) is 10.2 Å². The molecule has 0 bridgehead atoms. The van der Waals surface area contributed by atoms with Crippen molar-refractivity contribution < 1.29 is 17.6 Å². The van der Waals surface area contributed by atoms with Gasteiger partial charge in [-0.25, -0.2) is 8.42 Å². The quantitative estimate of drug-likeness (QED) is 0.772. The van der Waals surface area contributed by atoms with Crippen molar-refractivity contribution in [3.63, 3.8) is 0 Å². The number of amides is 1. The van der Waals surface area contributed by atoms with Crippen LogP contribution in [0.25, 0.3) is 0 Å². The maximum atomic E-state index is 11.3. The minimum atomic E-state index is -2.98. The van der Waals surface area contributed by atoms with E-state index in [1.54, 1.807) is 6.92 Å². The molecule has 0 saturated carbocycles. The summed E-state index contributed by atoms with van der Waals surface area (Å²) in [5.74, 6) is -0.190. The van der Waals surface area contributed by atoms with E-state index >= 15 is 0 Å². The first-order valence-corrected chi connectivity index (χ1v) is 8.07. The van der Waals surface area contributed by atoms with Crippen LogP contribution in [0.1, 0.15) is 25.2 Å². The minimum absolute atomic E-state index is 0.0463. The van der Waals surface area contributed by atoms with Crippen LogP contribution >= 0.6 is 11.8 Å². The van der Waals surface area contributed by atoms with E-state index in [4.69, 9.17) is 10.2 Å². The predicted molar refractivity (Wildman–Crippen MR) is 64.8 cm³/mol. The minimum Gasteiger partial charge on any atom is -0.416 e. The van der Waals surface area contributed by atoms with Crippen molar-refractivity contribution in [1.82, 2.24) is 10.2 Å². The highest BCUT2D eigenvalue weighted by atomic mass is 32.2. The molecule has 1 aliphatic rings. The molecule has 2 heterocycles. The predicted octanol–water partition coefficient (Wildman–Crippen LogP) is -0.0624. The van der Waals surface area contributed by atoms with E-state index in [0.29, 0.717) is 12.3 Å².